The van der Waals surface area contributed by atoms with Gasteiger partial charge in [-0.3, -0.25) is 4.31 Å². The van der Waals surface area contributed by atoms with Crippen LogP contribution in [0.25, 0.3) is 0 Å². The van der Waals surface area contributed by atoms with E-state index in [1.807, 2.05) is 0 Å². The summed E-state index contributed by atoms with van der Waals surface area (Å²) in [7, 11) is -2.55. The fourth-order valence-corrected chi connectivity index (χ4v) is 3.85. The predicted molar refractivity (Wildman–Crippen MR) is 77.9 cm³/mol. The molecule has 0 spiro atoms. The number of benzene rings is 2. The van der Waals surface area contributed by atoms with E-state index in [4.69, 9.17) is 0 Å². The van der Waals surface area contributed by atoms with Gasteiger partial charge in [0.1, 0.15) is 11.6 Å². The van der Waals surface area contributed by atoms with Gasteiger partial charge in [-0.05, 0) is 55.3 Å². The Balaban J connectivity index is 2.57. The maximum atomic E-state index is 13.3. The van der Waals surface area contributed by atoms with Crippen molar-refractivity contribution < 1.29 is 17.2 Å². The highest BCUT2D eigenvalue weighted by molar-refractivity contribution is 7.92. The van der Waals surface area contributed by atoms with Gasteiger partial charge < -0.3 is 0 Å². The Kier molecular flexibility index (Phi) is 4.00. The van der Waals surface area contributed by atoms with E-state index in [0.717, 1.165) is 10.4 Å². The molecular weight excluding hydrogens is 296 g/mol. The first-order valence-corrected chi connectivity index (χ1v) is 7.68. The molecule has 0 aromatic heterocycles. The lowest BCUT2D eigenvalue weighted by atomic mass is 10.1. The zero-order valence-corrected chi connectivity index (χ0v) is 12.7. The SMILES string of the molecule is Cc1cc(F)cc(C)c1S(=O)(=O)N(C)c1cccc(F)c1. The van der Waals surface area contributed by atoms with Crippen LogP contribution in [0.2, 0.25) is 0 Å². The van der Waals surface area contributed by atoms with Crippen LogP contribution in [-0.2, 0) is 10.0 Å². The van der Waals surface area contributed by atoms with Gasteiger partial charge in [0.05, 0.1) is 10.6 Å². The zero-order chi connectivity index (χ0) is 15.8. The minimum absolute atomic E-state index is 0.0376. The van der Waals surface area contributed by atoms with Crippen LogP contribution in [0.3, 0.4) is 0 Å². The van der Waals surface area contributed by atoms with Gasteiger partial charge in [-0.1, -0.05) is 6.07 Å². The summed E-state index contributed by atoms with van der Waals surface area (Å²) < 4.78 is 52.9. The van der Waals surface area contributed by atoms with Gasteiger partial charge in [0, 0.05) is 7.05 Å². The molecule has 0 aliphatic rings. The third kappa shape index (κ3) is 2.90. The Hall–Kier alpha value is -1.95. The van der Waals surface area contributed by atoms with Gasteiger partial charge in [-0.15, -0.1) is 0 Å². The van der Waals surface area contributed by atoms with Crippen molar-refractivity contribution in [3.63, 3.8) is 0 Å². The second kappa shape index (κ2) is 5.44. The van der Waals surface area contributed by atoms with Crippen LogP contribution in [0.4, 0.5) is 14.5 Å². The Labute approximate surface area is 122 Å². The van der Waals surface area contributed by atoms with Crippen LogP contribution in [0, 0.1) is 25.5 Å². The Morgan fingerprint density at radius 2 is 1.52 bits per heavy atom. The molecule has 2 rings (SSSR count). The molecule has 0 saturated carbocycles. The number of sulfonamides is 1. The van der Waals surface area contributed by atoms with Crippen molar-refractivity contribution in [3.8, 4) is 0 Å². The molecule has 0 atom stereocenters. The van der Waals surface area contributed by atoms with Crippen molar-refractivity contribution in [2.24, 2.45) is 0 Å². The molecule has 112 valence electrons. The van der Waals surface area contributed by atoms with Gasteiger partial charge in [-0.25, -0.2) is 17.2 Å². The predicted octanol–water partition coefficient (Wildman–Crippen LogP) is 3.41. The summed E-state index contributed by atoms with van der Waals surface area (Å²) >= 11 is 0. The molecule has 0 bridgehead atoms. The van der Waals surface area contributed by atoms with Gasteiger partial charge >= 0.3 is 0 Å². The number of hydrogen-bond donors (Lipinski definition) is 0. The molecule has 21 heavy (non-hydrogen) atoms. The summed E-state index contributed by atoms with van der Waals surface area (Å²) in [6.45, 7) is 3.06. The molecule has 0 aliphatic carbocycles. The first-order chi connectivity index (χ1) is 9.73. The molecule has 0 N–H and O–H groups in total. The average molecular weight is 311 g/mol. The summed E-state index contributed by atoms with van der Waals surface area (Å²) in [6.07, 6.45) is 0. The molecule has 3 nitrogen and oxygen atoms in total. The minimum Gasteiger partial charge on any atom is -0.269 e. The monoisotopic (exact) mass is 311 g/mol. The van der Waals surface area contributed by atoms with Crippen molar-refractivity contribution in [1.82, 2.24) is 0 Å². The lowest BCUT2D eigenvalue weighted by Gasteiger charge is -2.22. The maximum absolute atomic E-state index is 13.3. The third-order valence-corrected chi connectivity index (χ3v) is 5.31. The summed E-state index contributed by atoms with van der Waals surface area (Å²) in [4.78, 5) is 0.0376. The molecule has 0 saturated heterocycles. The quantitative estimate of drug-likeness (QED) is 0.871. The first-order valence-electron chi connectivity index (χ1n) is 6.24. The average Bonchev–Trinajstić information content (AvgIpc) is 2.36. The number of rotatable bonds is 3. The van der Waals surface area contributed by atoms with E-state index in [-0.39, 0.29) is 10.6 Å². The number of aryl methyl sites for hydroxylation is 2. The highest BCUT2D eigenvalue weighted by atomic mass is 32.2. The number of halogens is 2. The maximum Gasteiger partial charge on any atom is 0.264 e. The standard InChI is InChI=1S/C15H15F2NO2S/c1-10-7-13(17)8-11(2)15(10)21(19,20)18(3)14-6-4-5-12(16)9-14/h4-9H,1-3H3. The van der Waals surface area contributed by atoms with Crippen LogP contribution < -0.4 is 4.31 Å². The smallest absolute Gasteiger partial charge is 0.264 e. The van der Waals surface area contributed by atoms with E-state index < -0.39 is 21.7 Å². The van der Waals surface area contributed by atoms with Crippen molar-refractivity contribution >= 4 is 15.7 Å². The third-order valence-electron chi connectivity index (χ3n) is 3.22. The lowest BCUT2D eigenvalue weighted by Crippen LogP contribution is -2.28. The van der Waals surface area contributed by atoms with E-state index in [2.05, 4.69) is 0 Å². The van der Waals surface area contributed by atoms with E-state index >= 15 is 0 Å². The number of anilines is 1. The highest BCUT2D eigenvalue weighted by Crippen LogP contribution is 2.27. The van der Waals surface area contributed by atoms with Crippen molar-refractivity contribution in [3.05, 3.63) is 59.2 Å². The molecule has 0 fully saturated rings. The van der Waals surface area contributed by atoms with Crippen LogP contribution in [0.15, 0.2) is 41.3 Å². The Morgan fingerprint density at radius 1 is 0.952 bits per heavy atom. The molecule has 0 radical (unpaired) electrons. The fourth-order valence-electron chi connectivity index (χ4n) is 2.25. The normalized spacial score (nSPS) is 11.5. The summed E-state index contributed by atoms with van der Waals surface area (Å²) in [5.41, 5.74) is 0.838. The second-order valence-electron chi connectivity index (χ2n) is 4.82. The van der Waals surface area contributed by atoms with Gasteiger partial charge in [-0.2, -0.15) is 0 Å². The van der Waals surface area contributed by atoms with Gasteiger partial charge in [0.25, 0.3) is 10.0 Å². The topological polar surface area (TPSA) is 37.4 Å². The zero-order valence-electron chi connectivity index (χ0n) is 11.9. The number of nitrogens with zero attached hydrogens (tertiary/aromatic N) is 1. The van der Waals surface area contributed by atoms with E-state index in [1.165, 1.54) is 51.2 Å². The highest BCUT2D eigenvalue weighted by Gasteiger charge is 2.26. The largest absolute Gasteiger partial charge is 0.269 e. The van der Waals surface area contributed by atoms with Crippen molar-refractivity contribution in [2.45, 2.75) is 18.7 Å². The lowest BCUT2D eigenvalue weighted by molar-refractivity contribution is 0.590. The van der Waals surface area contributed by atoms with Gasteiger partial charge in [0.15, 0.2) is 0 Å². The summed E-state index contributed by atoms with van der Waals surface area (Å²) in [5, 5.41) is 0. The molecule has 6 heteroatoms. The molecule has 0 heterocycles. The second-order valence-corrected chi connectivity index (χ2v) is 6.73. The molecule has 2 aromatic carbocycles. The molecule has 2 aromatic rings. The minimum atomic E-state index is -3.89. The van der Waals surface area contributed by atoms with E-state index in [0.29, 0.717) is 11.1 Å². The molecule has 0 unspecified atom stereocenters. The van der Waals surface area contributed by atoms with Crippen molar-refractivity contribution in [2.75, 3.05) is 11.4 Å². The Morgan fingerprint density at radius 3 is 2.05 bits per heavy atom. The molecular formula is C15H15F2NO2S. The fraction of sp³-hybridized carbons (Fsp3) is 0.200. The Bertz CT molecular complexity index is 765. The van der Waals surface area contributed by atoms with E-state index in [9.17, 15) is 17.2 Å². The van der Waals surface area contributed by atoms with Crippen LogP contribution >= 0.6 is 0 Å². The molecule has 0 aliphatic heterocycles. The van der Waals surface area contributed by atoms with Gasteiger partial charge in [0.2, 0.25) is 0 Å². The summed E-state index contributed by atoms with van der Waals surface area (Å²) in [5.74, 6) is -1.01. The van der Waals surface area contributed by atoms with Crippen LogP contribution in [0.5, 0.6) is 0 Å². The number of hydrogen-bond acceptors (Lipinski definition) is 2. The van der Waals surface area contributed by atoms with Crippen LogP contribution in [0.1, 0.15) is 11.1 Å². The van der Waals surface area contributed by atoms with Crippen LogP contribution in [-0.4, -0.2) is 15.5 Å². The van der Waals surface area contributed by atoms with Crippen molar-refractivity contribution in [1.29, 1.82) is 0 Å². The first kappa shape index (κ1) is 15.4. The van der Waals surface area contributed by atoms with E-state index in [1.54, 1.807) is 0 Å². The molecule has 0 amide bonds. The summed E-state index contributed by atoms with van der Waals surface area (Å²) in [6, 6.07) is 7.62.